The van der Waals surface area contributed by atoms with Gasteiger partial charge in [-0.3, -0.25) is 0 Å². The van der Waals surface area contributed by atoms with Gasteiger partial charge in [0.1, 0.15) is 5.40 Å². The van der Waals surface area contributed by atoms with Gasteiger partial charge in [-0.2, -0.15) is 5.26 Å². The van der Waals surface area contributed by atoms with Crippen molar-refractivity contribution in [1.29, 1.82) is 5.26 Å². The molecule has 0 aromatic heterocycles. The van der Waals surface area contributed by atoms with Crippen molar-refractivity contribution in [2.45, 2.75) is 32.1 Å². The number of esters is 1. The average Bonchev–Trinajstić information content (AvgIpc) is 2.32. The number of unbranched alkanes of at least 4 members (excludes halogenated alkanes) is 1. The normalized spacial score (nSPS) is 11.8. The third-order valence-corrected chi connectivity index (χ3v) is 2.43. The van der Waals surface area contributed by atoms with Gasteiger partial charge in [0.25, 0.3) is 0 Å². The standard InChI is InChI=1S/C11H19NO4S/c1-3-5-6-14-7-8-16-11(17-9-12)10(13)15-4-2/h11H,3-8H2,1-2H3. The lowest BCUT2D eigenvalue weighted by Gasteiger charge is -2.12. The zero-order valence-corrected chi connectivity index (χ0v) is 11.1. The third-order valence-electron chi connectivity index (χ3n) is 1.78. The van der Waals surface area contributed by atoms with Crippen molar-refractivity contribution in [2.24, 2.45) is 0 Å². The van der Waals surface area contributed by atoms with Crippen LogP contribution in [0.4, 0.5) is 0 Å². The molecule has 17 heavy (non-hydrogen) atoms. The molecule has 0 saturated heterocycles. The summed E-state index contributed by atoms with van der Waals surface area (Å²) in [7, 11) is 0. The highest BCUT2D eigenvalue weighted by Crippen LogP contribution is 2.12. The van der Waals surface area contributed by atoms with Crippen LogP contribution in [0.3, 0.4) is 0 Å². The molecule has 0 aromatic carbocycles. The Morgan fingerprint density at radius 1 is 1.35 bits per heavy atom. The zero-order chi connectivity index (χ0) is 12.9. The van der Waals surface area contributed by atoms with Crippen molar-refractivity contribution in [2.75, 3.05) is 26.4 Å². The van der Waals surface area contributed by atoms with Gasteiger partial charge in [-0.1, -0.05) is 13.3 Å². The molecular weight excluding hydrogens is 242 g/mol. The van der Waals surface area contributed by atoms with E-state index in [0.29, 0.717) is 13.2 Å². The first-order valence-electron chi connectivity index (χ1n) is 5.66. The van der Waals surface area contributed by atoms with Gasteiger partial charge in [0.05, 0.1) is 19.8 Å². The molecule has 0 spiro atoms. The van der Waals surface area contributed by atoms with E-state index in [4.69, 9.17) is 19.5 Å². The summed E-state index contributed by atoms with van der Waals surface area (Å²) in [6.07, 6.45) is 2.09. The number of thioether (sulfide) groups is 1. The Morgan fingerprint density at radius 2 is 2.12 bits per heavy atom. The van der Waals surface area contributed by atoms with Crippen molar-refractivity contribution < 1.29 is 19.0 Å². The van der Waals surface area contributed by atoms with Gasteiger partial charge in [-0.25, -0.2) is 4.79 Å². The first kappa shape index (κ1) is 16.2. The topological polar surface area (TPSA) is 68.5 Å². The van der Waals surface area contributed by atoms with Crippen LogP contribution >= 0.6 is 11.8 Å². The van der Waals surface area contributed by atoms with Gasteiger partial charge in [0.2, 0.25) is 5.44 Å². The van der Waals surface area contributed by atoms with Crippen LogP contribution in [-0.4, -0.2) is 37.8 Å². The largest absolute Gasteiger partial charge is 0.463 e. The van der Waals surface area contributed by atoms with Crippen molar-refractivity contribution >= 4 is 17.7 Å². The van der Waals surface area contributed by atoms with Crippen LogP contribution < -0.4 is 0 Å². The molecule has 1 unspecified atom stereocenters. The van der Waals surface area contributed by atoms with E-state index in [-0.39, 0.29) is 13.2 Å². The molecule has 0 aromatic rings. The summed E-state index contributed by atoms with van der Waals surface area (Å²) in [6, 6.07) is 0. The van der Waals surface area contributed by atoms with Crippen molar-refractivity contribution in [3.63, 3.8) is 0 Å². The molecule has 0 N–H and O–H groups in total. The van der Waals surface area contributed by atoms with Crippen LogP contribution in [0.5, 0.6) is 0 Å². The number of carbonyl (C=O) groups excluding carboxylic acids is 1. The molecule has 0 rings (SSSR count). The molecule has 0 fully saturated rings. The summed E-state index contributed by atoms with van der Waals surface area (Å²) >= 11 is 0.746. The summed E-state index contributed by atoms with van der Waals surface area (Å²) in [6.45, 7) is 5.46. The minimum Gasteiger partial charge on any atom is -0.463 e. The van der Waals surface area contributed by atoms with Crippen molar-refractivity contribution in [1.82, 2.24) is 0 Å². The molecule has 0 bridgehead atoms. The molecule has 0 radical (unpaired) electrons. The predicted molar refractivity (Wildman–Crippen MR) is 65.3 cm³/mol. The van der Waals surface area contributed by atoms with Gasteiger partial charge in [-0.05, 0) is 25.1 Å². The first-order valence-corrected chi connectivity index (χ1v) is 6.54. The Balaban J connectivity index is 3.70. The van der Waals surface area contributed by atoms with Crippen LogP contribution in [0.25, 0.3) is 0 Å². The summed E-state index contributed by atoms with van der Waals surface area (Å²) in [4.78, 5) is 11.3. The van der Waals surface area contributed by atoms with E-state index in [1.165, 1.54) is 0 Å². The van der Waals surface area contributed by atoms with E-state index in [2.05, 4.69) is 6.92 Å². The molecule has 98 valence electrons. The fraction of sp³-hybridized carbons (Fsp3) is 0.818. The molecular formula is C11H19NO4S. The molecule has 5 nitrogen and oxygen atoms in total. The number of carbonyl (C=O) groups is 1. The number of ether oxygens (including phenoxy) is 3. The molecule has 6 heteroatoms. The second-order valence-electron chi connectivity index (χ2n) is 3.13. The van der Waals surface area contributed by atoms with E-state index >= 15 is 0 Å². The van der Waals surface area contributed by atoms with Crippen LogP contribution in [0.2, 0.25) is 0 Å². The van der Waals surface area contributed by atoms with E-state index in [9.17, 15) is 4.79 Å². The van der Waals surface area contributed by atoms with E-state index < -0.39 is 11.4 Å². The lowest BCUT2D eigenvalue weighted by molar-refractivity contribution is -0.151. The SMILES string of the molecule is CCCCOCCOC(SC#N)C(=O)OCC. The van der Waals surface area contributed by atoms with Crippen molar-refractivity contribution in [3.05, 3.63) is 0 Å². The summed E-state index contributed by atoms with van der Waals surface area (Å²) < 4.78 is 15.3. The van der Waals surface area contributed by atoms with Gasteiger partial charge < -0.3 is 14.2 Å². The summed E-state index contributed by atoms with van der Waals surface area (Å²) in [5, 5.41) is 10.3. The fourth-order valence-electron chi connectivity index (χ4n) is 0.971. The van der Waals surface area contributed by atoms with Crippen LogP contribution in [0.1, 0.15) is 26.7 Å². The lowest BCUT2D eigenvalue weighted by atomic mass is 10.4. The average molecular weight is 261 g/mol. The Bertz CT molecular complexity index is 242. The number of nitriles is 1. The fourth-order valence-corrected chi connectivity index (χ4v) is 1.40. The van der Waals surface area contributed by atoms with Gasteiger partial charge in [0.15, 0.2) is 0 Å². The minimum atomic E-state index is -0.880. The Hall–Kier alpha value is -0.770. The third kappa shape index (κ3) is 8.98. The van der Waals surface area contributed by atoms with Crippen molar-refractivity contribution in [3.8, 4) is 5.40 Å². The first-order chi connectivity index (χ1) is 8.26. The van der Waals surface area contributed by atoms with E-state index in [1.54, 1.807) is 6.92 Å². The van der Waals surface area contributed by atoms with Crippen LogP contribution in [0.15, 0.2) is 0 Å². The predicted octanol–water partition coefficient (Wildman–Crippen LogP) is 1.92. The second-order valence-corrected chi connectivity index (χ2v) is 3.98. The number of nitrogens with zero attached hydrogens (tertiary/aromatic N) is 1. The Kier molecular flexibility index (Phi) is 11.2. The van der Waals surface area contributed by atoms with Gasteiger partial charge >= 0.3 is 5.97 Å². The molecule has 0 aliphatic carbocycles. The molecule has 1 atom stereocenters. The number of thiocyanates is 1. The Morgan fingerprint density at radius 3 is 2.71 bits per heavy atom. The van der Waals surface area contributed by atoms with Crippen LogP contribution in [0, 0.1) is 10.7 Å². The second kappa shape index (κ2) is 11.7. The molecule has 0 saturated carbocycles. The highest BCUT2D eigenvalue weighted by molar-refractivity contribution is 8.04. The van der Waals surface area contributed by atoms with E-state index in [1.807, 2.05) is 5.40 Å². The summed E-state index contributed by atoms with van der Waals surface area (Å²) in [5.74, 6) is -0.521. The molecule has 0 aliphatic heterocycles. The van der Waals surface area contributed by atoms with Gasteiger partial charge in [-0.15, -0.1) is 0 Å². The number of hydrogen-bond acceptors (Lipinski definition) is 6. The number of rotatable bonds is 10. The summed E-state index contributed by atoms with van der Waals surface area (Å²) in [5.41, 5.74) is -0.880. The van der Waals surface area contributed by atoms with Gasteiger partial charge in [0, 0.05) is 6.61 Å². The van der Waals surface area contributed by atoms with Crippen LogP contribution in [-0.2, 0) is 19.0 Å². The van der Waals surface area contributed by atoms with E-state index in [0.717, 1.165) is 24.6 Å². The Labute approximate surface area is 106 Å². The maximum Gasteiger partial charge on any atom is 0.346 e. The highest BCUT2D eigenvalue weighted by atomic mass is 32.2. The highest BCUT2D eigenvalue weighted by Gasteiger charge is 2.20. The molecule has 0 amide bonds. The molecule has 0 aliphatic rings. The smallest absolute Gasteiger partial charge is 0.346 e. The monoisotopic (exact) mass is 261 g/mol. The lowest BCUT2D eigenvalue weighted by Crippen LogP contribution is -2.24. The number of hydrogen-bond donors (Lipinski definition) is 0. The maximum atomic E-state index is 11.3. The zero-order valence-electron chi connectivity index (χ0n) is 10.3. The molecule has 0 heterocycles. The maximum absolute atomic E-state index is 11.3. The minimum absolute atomic E-state index is 0.275. The quantitative estimate of drug-likeness (QED) is 0.259.